The molecular weight excluding hydrogens is 150 g/mol. The lowest BCUT2D eigenvalue weighted by molar-refractivity contribution is 0.0992. The first kappa shape index (κ1) is 8.14. The zero-order chi connectivity index (χ0) is 8.43. The Labute approximate surface area is 63.3 Å². The SMILES string of the molecule is CC([O])c1c(F)cccc1F. The van der Waals surface area contributed by atoms with Crippen LogP contribution in [0.4, 0.5) is 8.78 Å². The van der Waals surface area contributed by atoms with E-state index >= 15 is 0 Å². The minimum absolute atomic E-state index is 0.382. The van der Waals surface area contributed by atoms with Crippen molar-refractivity contribution in [3.8, 4) is 0 Å². The summed E-state index contributed by atoms with van der Waals surface area (Å²) in [5.41, 5.74) is -0.382. The molecule has 1 aromatic rings. The molecule has 0 spiro atoms. The zero-order valence-electron chi connectivity index (χ0n) is 5.97. The van der Waals surface area contributed by atoms with Crippen LogP contribution >= 0.6 is 0 Å². The minimum atomic E-state index is -1.35. The third kappa shape index (κ3) is 1.54. The molecule has 0 bridgehead atoms. The van der Waals surface area contributed by atoms with Crippen molar-refractivity contribution in [1.29, 1.82) is 0 Å². The van der Waals surface area contributed by atoms with Crippen LogP contribution in [-0.2, 0) is 5.11 Å². The summed E-state index contributed by atoms with van der Waals surface area (Å²) in [5.74, 6) is -1.54. The molecule has 1 rings (SSSR count). The summed E-state index contributed by atoms with van der Waals surface area (Å²) in [7, 11) is 0. The van der Waals surface area contributed by atoms with Gasteiger partial charge in [0.05, 0.1) is 5.56 Å². The summed E-state index contributed by atoms with van der Waals surface area (Å²) in [6.45, 7) is 1.21. The number of benzene rings is 1. The van der Waals surface area contributed by atoms with E-state index < -0.39 is 17.7 Å². The van der Waals surface area contributed by atoms with E-state index in [0.717, 1.165) is 12.1 Å². The van der Waals surface area contributed by atoms with Gasteiger partial charge in [-0.25, -0.2) is 13.9 Å². The van der Waals surface area contributed by atoms with Crippen molar-refractivity contribution < 1.29 is 13.9 Å². The van der Waals surface area contributed by atoms with E-state index in [4.69, 9.17) is 0 Å². The highest BCUT2D eigenvalue weighted by Crippen LogP contribution is 2.19. The van der Waals surface area contributed by atoms with Crippen molar-refractivity contribution >= 4 is 0 Å². The Bertz CT molecular complexity index is 238. The van der Waals surface area contributed by atoms with Crippen LogP contribution in [0.15, 0.2) is 18.2 Å². The monoisotopic (exact) mass is 157 g/mol. The van der Waals surface area contributed by atoms with Crippen molar-refractivity contribution in [3.05, 3.63) is 35.4 Å². The van der Waals surface area contributed by atoms with Crippen molar-refractivity contribution in [3.63, 3.8) is 0 Å². The predicted octanol–water partition coefficient (Wildman–Crippen LogP) is 2.46. The lowest BCUT2D eigenvalue weighted by atomic mass is 10.1. The first-order valence-electron chi connectivity index (χ1n) is 3.22. The molecular formula is C8H7F2O. The average Bonchev–Trinajstić information content (AvgIpc) is 1.85. The van der Waals surface area contributed by atoms with Crippen LogP contribution in [0.5, 0.6) is 0 Å². The number of halogens is 2. The van der Waals surface area contributed by atoms with E-state index in [1.807, 2.05) is 0 Å². The molecule has 0 amide bonds. The van der Waals surface area contributed by atoms with Gasteiger partial charge in [0.25, 0.3) is 0 Å². The van der Waals surface area contributed by atoms with Crippen molar-refractivity contribution in [1.82, 2.24) is 0 Å². The van der Waals surface area contributed by atoms with Crippen LogP contribution in [0.2, 0.25) is 0 Å². The van der Waals surface area contributed by atoms with Crippen molar-refractivity contribution in [2.45, 2.75) is 13.0 Å². The molecule has 0 aliphatic carbocycles. The van der Waals surface area contributed by atoms with E-state index in [-0.39, 0.29) is 5.56 Å². The standard InChI is InChI=1S/C8H7F2O/c1-5(11)8-6(9)3-2-4-7(8)10/h2-5H,1H3. The zero-order valence-corrected chi connectivity index (χ0v) is 5.97. The summed E-state index contributed by atoms with van der Waals surface area (Å²) >= 11 is 0. The lowest BCUT2D eigenvalue weighted by Crippen LogP contribution is -1.98. The molecule has 0 aliphatic rings. The molecule has 1 nitrogen and oxygen atoms in total. The second-order valence-electron chi connectivity index (χ2n) is 2.28. The Balaban J connectivity index is 3.21. The molecule has 0 saturated carbocycles. The fourth-order valence-corrected chi connectivity index (χ4v) is 0.899. The van der Waals surface area contributed by atoms with Crippen LogP contribution < -0.4 is 0 Å². The van der Waals surface area contributed by atoms with Crippen LogP contribution in [0.1, 0.15) is 18.6 Å². The summed E-state index contributed by atoms with van der Waals surface area (Å²) < 4.78 is 25.3. The fraction of sp³-hybridized carbons (Fsp3) is 0.250. The van der Waals surface area contributed by atoms with E-state index in [1.165, 1.54) is 13.0 Å². The van der Waals surface area contributed by atoms with E-state index in [2.05, 4.69) is 0 Å². The Kier molecular flexibility index (Phi) is 2.19. The van der Waals surface area contributed by atoms with Crippen LogP contribution in [0.25, 0.3) is 0 Å². The van der Waals surface area contributed by atoms with Gasteiger partial charge in [-0.3, -0.25) is 0 Å². The molecule has 11 heavy (non-hydrogen) atoms. The molecule has 0 N–H and O–H groups in total. The largest absolute Gasteiger partial charge is 0.228 e. The predicted molar refractivity (Wildman–Crippen MR) is 35.5 cm³/mol. The maximum absolute atomic E-state index is 12.7. The van der Waals surface area contributed by atoms with Gasteiger partial charge in [0, 0.05) is 0 Å². The summed E-state index contributed by atoms with van der Waals surface area (Å²) in [5, 5.41) is 10.7. The molecule has 0 aliphatic heterocycles. The molecule has 1 atom stereocenters. The Morgan fingerprint density at radius 2 is 1.73 bits per heavy atom. The number of hydrogen-bond donors (Lipinski definition) is 0. The van der Waals surface area contributed by atoms with Crippen LogP contribution in [0.3, 0.4) is 0 Å². The first-order valence-corrected chi connectivity index (χ1v) is 3.22. The van der Waals surface area contributed by atoms with Gasteiger partial charge >= 0.3 is 0 Å². The van der Waals surface area contributed by atoms with Crippen molar-refractivity contribution in [2.75, 3.05) is 0 Å². The maximum atomic E-state index is 12.7. The molecule has 0 heterocycles. The van der Waals surface area contributed by atoms with Gasteiger partial charge in [-0.1, -0.05) is 6.07 Å². The normalized spacial score (nSPS) is 13.1. The highest BCUT2D eigenvalue weighted by molar-refractivity contribution is 5.21. The molecule has 3 heteroatoms. The second-order valence-corrected chi connectivity index (χ2v) is 2.28. The van der Waals surface area contributed by atoms with Gasteiger partial charge in [0.15, 0.2) is 0 Å². The van der Waals surface area contributed by atoms with E-state index in [9.17, 15) is 13.9 Å². The molecule has 0 aromatic heterocycles. The van der Waals surface area contributed by atoms with Gasteiger partial charge in [-0.2, -0.15) is 0 Å². The smallest absolute Gasteiger partial charge is 0.132 e. The van der Waals surface area contributed by atoms with Crippen LogP contribution in [0, 0.1) is 11.6 Å². The summed E-state index contributed by atoms with van der Waals surface area (Å²) in [4.78, 5) is 0. The molecule has 0 fully saturated rings. The third-order valence-electron chi connectivity index (χ3n) is 1.41. The topological polar surface area (TPSA) is 19.9 Å². The highest BCUT2D eigenvalue weighted by Gasteiger charge is 2.13. The summed E-state index contributed by atoms with van der Waals surface area (Å²) in [6.07, 6.45) is -1.35. The Hall–Kier alpha value is -0.960. The molecule has 1 unspecified atom stereocenters. The molecule has 59 valence electrons. The summed E-state index contributed by atoms with van der Waals surface area (Å²) in [6, 6.07) is 3.39. The number of rotatable bonds is 1. The molecule has 0 saturated heterocycles. The number of hydrogen-bond acceptors (Lipinski definition) is 0. The third-order valence-corrected chi connectivity index (χ3v) is 1.41. The first-order chi connectivity index (χ1) is 5.13. The Morgan fingerprint density at radius 1 is 1.27 bits per heavy atom. The van der Waals surface area contributed by atoms with Gasteiger partial charge in [0.1, 0.15) is 17.7 Å². The van der Waals surface area contributed by atoms with Crippen LogP contribution in [-0.4, -0.2) is 0 Å². The quantitative estimate of drug-likeness (QED) is 0.596. The van der Waals surface area contributed by atoms with Gasteiger partial charge in [-0.15, -0.1) is 0 Å². The van der Waals surface area contributed by atoms with Gasteiger partial charge in [-0.05, 0) is 19.1 Å². The van der Waals surface area contributed by atoms with E-state index in [1.54, 1.807) is 0 Å². The highest BCUT2D eigenvalue weighted by atomic mass is 19.1. The van der Waals surface area contributed by atoms with Crippen molar-refractivity contribution in [2.24, 2.45) is 0 Å². The maximum Gasteiger partial charge on any atom is 0.132 e. The van der Waals surface area contributed by atoms with Gasteiger partial charge in [0.2, 0.25) is 0 Å². The minimum Gasteiger partial charge on any atom is -0.228 e. The second kappa shape index (κ2) is 2.96. The lowest BCUT2D eigenvalue weighted by Gasteiger charge is -2.03. The van der Waals surface area contributed by atoms with E-state index in [0.29, 0.717) is 0 Å². The molecule has 1 aromatic carbocycles. The molecule has 1 radical (unpaired) electrons. The average molecular weight is 157 g/mol. The van der Waals surface area contributed by atoms with Gasteiger partial charge < -0.3 is 0 Å². The Morgan fingerprint density at radius 3 is 2.00 bits per heavy atom. The fourth-order valence-electron chi connectivity index (χ4n) is 0.899.